The molecule has 0 aromatic heterocycles. The summed E-state index contributed by atoms with van der Waals surface area (Å²) in [4.78, 5) is 11.4. The fourth-order valence-corrected chi connectivity index (χ4v) is 1.04. The van der Waals surface area contributed by atoms with Gasteiger partial charge >= 0.3 is 5.97 Å². The Kier molecular flexibility index (Phi) is 4.28. The van der Waals surface area contributed by atoms with Crippen LogP contribution in [0.25, 0.3) is 0 Å². The van der Waals surface area contributed by atoms with Crippen LogP contribution in [-0.4, -0.2) is 12.6 Å². The number of carbonyl (C=O) groups is 1. The van der Waals surface area contributed by atoms with E-state index in [1.54, 1.807) is 12.1 Å². The molecule has 3 heteroatoms. The Balaban J connectivity index is 2.58. The molecule has 0 aliphatic rings. The fraction of sp³-hybridized carbons (Fsp3) is 0.417. The van der Waals surface area contributed by atoms with Gasteiger partial charge in [0.15, 0.2) is 0 Å². The van der Waals surface area contributed by atoms with Gasteiger partial charge in [-0.15, -0.1) is 0 Å². The van der Waals surface area contributed by atoms with Crippen LogP contribution in [0, 0.1) is 11.7 Å². The highest BCUT2D eigenvalue weighted by atomic mass is 19.1. The number of rotatable bonds is 4. The van der Waals surface area contributed by atoms with Gasteiger partial charge in [0.25, 0.3) is 0 Å². The van der Waals surface area contributed by atoms with E-state index in [4.69, 9.17) is 4.74 Å². The number of hydrogen-bond donors (Lipinski definition) is 0. The summed E-state index contributed by atoms with van der Waals surface area (Å²) in [5.74, 6) is -0.819. The Labute approximate surface area is 89.1 Å². The average Bonchev–Trinajstić information content (AvgIpc) is 2.26. The van der Waals surface area contributed by atoms with Crippen molar-refractivity contribution in [3.05, 3.63) is 35.6 Å². The summed E-state index contributed by atoms with van der Waals surface area (Å²) in [5.41, 5.74) is 0.000744. The number of halogens is 1. The topological polar surface area (TPSA) is 26.3 Å². The lowest BCUT2D eigenvalue weighted by atomic mass is 10.1. The minimum absolute atomic E-state index is 0.000744. The van der Waals surface area contributed by atoms with Crippen LogP contribution in [0.4, 0.5) is 4.39 Å². The summed E-state index contributed by atoms with van der Waals surface area (Å²) in [6.45, 7) is 4.33. The molecule has 0 saturated carbocycles. The quantitative estimate of drug-likeness (QED) is 0.714. The SMILES string of the molecule is CC[C@H](C)COC(=O)c1ccccc1F. The van der Waals surface area contributed by atoms with Gasteiger partial charge in [-0.05, 0) is 18.1 Å². The molecule has 1 aromatic rings. The standard InChI is InChI=1S/C12H15FO2/c1-3-9(2)8-15-12(14)10-6-4-5-7-11(10)13/h4-7,9H,3,8H2,1-2H3/t9-/m0/s1. The lowest BCUT2D eigenvalue weighted by Gasteiger charge is -2.09. The first kappa shape index (κ1) is 11.7. The molecule has 0 fully saturated rings. The van der Waals surface area contributed by atoms with E-state index >= 15 is 0 Å². The van der Waals surface area contributed by atoms with Crippen molar-refractivity contribution >= 4 is 5.97 Å². The molecule has 1 atom stereocenters. The summed E-state index contributed by atoms with van der Waals surface area (Å²) >= 11 is 0. The third-order valence-electron chi connectivity index (χ3n) is 2.29. The molecule has 2 nitrogen and oxygen atoms in total. The minimum Gasteiger partial charge on any atom is -0.462 e. The predicted molar refractivity (Wildman–Crippen MR) is 56.1 cm³/mol. The zero-order valence-corrected chi connectivity index (χ0v) is 9.00. The molecule has 1 aromatic carbocycles. The van der Waals surface area contributed by atoms with Crippen LogP contribution in [-0.2, 0) is 4.74 Å². The first-order chi connectivity index (χ1) is 7.15. The Morgan fingerprint density at radius 2 is 2.13 bits per heavy atom. The summed E-state index contributed by atoms with van der Waals surface area (Å²) in [7, 11) is 0. The van der Waals surface area contributed by atoms with E-state index in [2.05, 4.69) is 0 Å². The van der Waals surface area contributed by atoms with Crippen LogP contribution < -0.4 is 0 Å². The number of carbonyl (C=O) groups excluding carboxylic acids is 1. The van der Waals surface area contributed by atoms with Crippen molar-refractivity contribution in [2.45, 2.75) is 20.3 Å². The first-order valence-electron chi connectivity index (χ1n) is 5.06. The number of esters is 1. The molecule has 82 valence electrons. The van der Waals surface area contributed by atoms with Crippen LogP contribution in [0.1, 0.15) is 30.6 Å². The van der Waals surface area contributed by atoms with Gasteiger partial charge in [-0.1, -0.05) is 32.4 Å². The fourth-order valence-electron chi connectivity index (χ4n) is 1.04. The lowest BCUT2D eigenvalue weighted by molar-refractivity contribution is 0.0442. The number of benzene rings is 1. The maximum atomic E-state index is 13.1. The van der Waals surface area contributed by atoms with Crippen molar-refractivity contribution < 1.29 is 13.9 Å². The first-order valence-corrected chi connectivity index (χ1v) is 5.06. The van der Waals surface area contributed by atoms with Crippen molar-refractivity contribution in [2.24, 2.45) is 5.92 Å². The monoisotopic (exact) mass is 210 g/mol. The molecule has 15 heavy (non-hydrogen) atoms. The Morgan fingerprint density at radius 1 is 1.47 bits per heavy atom. The van der Waals surface area contributed by atoms with Crippen LogP contribution in [0.15, 0.2) is 24.3 Å². The van der Waals surface area contributed by atoms with Gasteiger partial charge in [0.1, 0.15) is 5.82 Å². The Morgan fingerprint density at radius 3 is 2.73 bits per heavy atom. The normalized spacial score (nSPS) is 12.2. The van der Waals surface area contributed by atoms with Crippen LogP contribution in [0.2, 0.25) is 0 Å². The van der Waals surface area contributed by atoms with E-state index in [1.807, 2.05) is 13.8 Å². The Hall–Kier alpha value is -1.38. The second-order valence-corrected chi connectivity index (χ2v) is 3.59. The highest BCUT2D eigenvalue weighted by Crippen LogP contribution is 2.09. The van der Waals surface area contributed by atoms with Crippen molar-refractivity contribution in [2.75, 3.05) is 6.61 Å². The molecule has 0 bridgehead atoms. The molecule has 1 rings (SSSR count). The lowest BCUT2D eigenvalue weighted by Crippen LogP contribution is -2.12. The third-order valence-corrected chi connectivity index (χ3v) is 2.29. The molecule has 0 aliphatic carbocycles. The Bertz CT molecular complexity index is 336. The largest absolute Gasteiger partial charge is 0.462 e. The summed E-state index contributed by atoms with van der Waals surface area (Å²) < 4.78 is 18.1. The predicted octanol–water partition coefficient (Wildman–Crippen LogP) is 3.03. The highest BCUT2D eigenvalue weighted by Gasteiger charge is 2.12. The zero-order chi connectivity index (χ0) is 11.3. The molecule has 0 N–H and O–H groups in total. The molecule has 0 aliphatic heterocycles. The van der Waals surface area contributed by atoms with E-state index in [0.717, 1.165) is 6.42 Å². The minimum atomic E-state index is -0.589. The molecular formula is C12H15FO2. The second-order valence-electron chi connectivity index (χ2n) is 3.59. The molecule has 0 heterocycles. The molecule has 0 amide bonds. The number of ether oxygens (including phenoxy) is 1. The summed E-state index contributed by atoms with van der Waals surface area (Å²) in [6, 6.07) is 5.83. The van der Waals surface area contributed by atoms with Gasteiger partial charge in [0.05, 0.1) is 12.2 Å². The third kappa shape index (κ3) is 3.35. The molecule has 0 radical (unpaired) electrons. The van der Waals surface area contributed by atoms with Gasteiger partial charge in [-0.3, -0.25) is 0 Å². The van der Waals surface area contributed by atoms with Crippen LogP contribution in [0.5, 0.6) is 0 Å². The molecule has 0 spiro atoms. The van der Waals surface area contributed by atoms with Gasteiger partial charge in [-0.2, -0.15) is 0 Å². The molecule has 0 saturated heterocycles. The van der Waals surface area contributed by atoms with Crippen molar-refractivity contribution in [3.8, 4) is 0 Å². The van der Waals surface area contributed by atoms with E-state index < -0.39 is 11.8 Å². The van der Waals surface area contributed by atoms with Crippen molar-refractivity contribution in [3.63, 3.8) is 0 Å². The van der Waals surface area contributed by atoms with Crippen molar-refractivity contribution in [1.82, 2.24) is 0 Å². The van der Waals surface area contributed by atoms with E-state index in [9.17, 15) is 9.18 Å². The second kappa shape index (κ2) is 5.49. The highest BCUT2D eigenvalue weighted by molar-refractivity contribution is 5.89. The van der Waals surface area contributed by atoms with Gasteiger partial charge in [-0.25, -0.2) is 9.18 Å². The summed E-state index contributed by atoms with van der Waals surface area (Å²) in [6.07, 6.45) is 0.935. The van der Waals surface area contributed by atoms with Gasteiger partial charge in [0.2, 0.25) is 0 Å². The smallest absolute Gasteiger partial charge is 0.341 e. The zero-order valence-electron chi connectivity index (χ0n) is 9.00. The van der Waals surface area contributed by atoms with E-state index in [0.29, 0.717) is 12.5 Å². The maximum Gasteiger partial charge on any atom is 0.341 e. The molecule has 0 unspecified atom stereocenters. The van der Waals surface area contributed by atoms with Crippen molar-refractivity contribution in [1.29, 1.82) is 0 Å². The summed E-state index contributed by atoms with van der Waals surface area (Å²) in [5, 5.41) is 0. The number of hydrogen-bond acceptors (Lipinski definition) is 2. The van der Waals surface area contributed by atoms with Crippen LogP contribution >= 0.6 is 0 Å². The van der Waals surface area contributed by atoms with E-state index in [1.165, 1.54) is 12.1 Å². The van der Waals surface area contributed by atoms with Crippen LogP contribution in [0.3, 0.4) is 0 Å². The van der Waals surface area contributed by atoms with E-state index in [-0.39, 0.29) is 5.56 Å². The van der Waals surface area contributed by atoms with Gasteiger partial charge < -0.3 is 4.74 Å². The van der Waals surface area contributed by atoms with Gasteiger partial charge in [0, 0.05) is 0 Å². The molecular weight excluding hydrogens is 195 g/mol. The maximum absolute atomic E-state index is 13.1. The average molecular weight is 210 g/mol.